The SMILES string of the molecule is Cc1ccc(Cl)c(C)c1-c1cc(C(=O)O)[nH]n1. The van der Waals surface area contributed by atoms with Gasteiger partial charge in [0.1, 0.15) is 5.69 Å². The second-order valence-electron chi connectivity index (χ2n) is 3.84. The first kappa shape index (κ1) is 11.7. The molecule has 4 nitrogen and oxygen atoms in total. The van der Waals surface area contributed by atoms with E-state index in [1.807, 2.05) is 26.0 Å². The number of aromatic amines is 1. The van der Waals surface area contributed by atoms with Crippen molar-refractivity contribution in [1.29, 1.82) is 0 Å². The monoisotopic (exact) mass is 250 g/mol. The van der Waals surface area contributed by atoms with E-state index in [-0.39, 0.29) is 5.69 Å². The third-order valence-corrected chi connectivity index (χ3v) is 3.08. The molecule has 2 aromatic rings. The van der Waals surface area contributed by atoms with Crippen molar-refractivity contribution >= 4 is 17.6 Å². The van der Waals surface area contributed by atoms with Crippen molar-refractivity contribution in [1.82, 2.24) is 10.2 Å². The van der Waals surface area contributed by atoms with Crippen LogP contribution in [0.25, 0.3) is 11.3 Å². The van der Waals surface area contributed by atoms with Crippen LogP contribution in [0, 0.1) is 13.8 Å². The molecule has 0 aliphatic heterocycles. The van der Waals surface area contributed by atoms with Crippen LogP contribution >= 0.6 is 11.6 Å². The van der Waals surface area contributed by atoms with Gasteiger partial charge in [-0.05, 0) is 37.1 Å². The third-order valence-electron chi connectivity index (χ3n) is 2.67. The molecular weight excluding hydrogens is 240 g/mol. The molecule has 0 aliphatic rings. The minimum atomic E-state index is -1.03. The average Bonchev–Trinajstić information content (AvgIpc) is 2.73. The molecule has 17 heavy (non-hydrogen) atoms. The van der Waals surface area contributed by atoms with E-state index in [9.17, 15) is 4.79 Å². The first-order valence-corrected chi connectivity index (χ1v) is 5.43. The van der Waals surface area contributed by atoms with Gasteiger partial charge in [-0.1, -0.05) is 17.7 Å². The molecule has 1 aromatic carbocycles. The molecule has 0 radical (unpaired) electrons. The normalized spacial score (nSPS) is 10.5. The summed E-state index contributed by atoms with van der Waals surface area (Å²) in [6, 6.07) is 5.22. The highest BCUT2D eigenvalue weighted by molar-refractivity contribution is 6.31. The fraction of sp³-hybridized carbons (Fsp3) is 0.167. The maximum absolute atomic E-state index is 10.8. The standard InChI is InChI=1S/C12H11ClN2O2/c1-6-3-4-8(13)7(2)11(6)9-5-10(12(16)17)15-14-9/h3-5H,1-2H3,(H,14,15)(H,16,17). The number of hydrogen-bond acceptors (Lipinski definition) is 2. The van der Waals surface area contributed by atoms with Crippen LogP contribution in [0.1, 0.15) is 21.6 Å². The summed E-state index contributed by atoms with van der Waals surface area (Å²) in [5.41, 5.74) is 3.45. The van der Waals surface area contributed by atoms with Crippen LogP contribution in [-0.4, -0.2) is 21.3 Å². The third kappa shape index (κ3) is 2.03. The maximum Gasteiger partial charge on any atom is 0.353 e. The van der Waals surface area contributed by atoms with Gasteiger partial charge in [0, 0.05) is 10.6 Å². The molecule has 2 rings (SSSR count). The van der Waals surface area contributed by atoms with Gasteiger partial charge in [0.25, 0.3) is 0 Å². The van der Waals surface area contributed by atoms with Crippen molar-refractivity contribution < 1.29 is 9.90 Å². The van der Waals surface area contributed by atoms with Gasteiger partial charge < -0.3 is 5.11 Å². The number of hydrogen-bond donors (Lipinski definition) is 2. The number of carboxylic acids is 1. The van der Waals surface area contributed by atoms with Gasteiger partial charge in [0.2, 0.25) is 0 Å². The lowest BCUT2D eigenvalue weighted by Crippen LogP contribution is -1.95. The van der Waals surface area contributed by atoms with Crippen LogP contribution in [0.5, 0.6) is 0 Å². The maximum atomic E-state index is 10.8. The van der Waals surface area contributed by atoms with Crippen molar-refractivity contribution in [3.8, 4) is 11.3 Å². The van der Waals surface area contributed by atoms with E-state index in [0.717, 1.165) is 16.7 Å². The van der Waals surface area contributed by atoms with Gasteiger partial charge in [0.05, 0.1) is 5.69 Å². The number of nitrogens with one attached hydrogen (secondary N) is 1. The zero-order chi connectivity index (χ0) is 12.6. The number of aromatic nitrogens is 2. The number of carboxylic acid groups (broad SMARTS) is 1. The summed E-state index contributed by atoms with van der Waals surface area (Å²) in [6.07, 6.45) is 0. The zero-order valence-electron chi connectivity index (χ0n) is 9.41. The Balaban J connectivity index is 2.60. The summed E-state index contributed by atoms with van der Waals surface area (Å²) < 4.78 is 0. The van der Waals surface area contributed by atoms with Gasteiger partial charge in [-0.3, -0.25) is 5.10 Å². The van der Waals surface area contributed by atoms with Gasteiger partial charge in [-0.25, -0.2) is 4.79 Å². The van der Waals surface area contributed by atoms with E-state index < -0.39 is 5.97 Å². The van der Waals surface area contributed by atoms with Gasteiger partial charge in [-0.15, -0.1) is 0 Å². The fourth-order valence-electron chi connectivity index (χ4n) is 1.78. The Kier molecular flexibility index (Phi) is 2.90. The molecule has 1 aromatic heterocycles. The molecule has 0 saturated heterocycles. The zero-order valence-corrected chi connectivity index (χ0v) is 10.2. The van der Waals surface area contributed by atoms with Crippen molar-refractivity contribution in [2.75, 3.05) is 0 Å². The molecule has 2 N–H and O–H groups in total. The molecule has 0 fully saturated rings. The largest absolute Gasteiger partial charge is 0.477 e. The second kappa shape index (κ2) is 4.22. The van der Waals surface area contributed by atoms with Crippen molar-refractivity contribution in [3.63, 3.8) is 0 Å². The molecule has 0 amide bonds. The van der Waals surface area contributed by atoms with E-state index in [2.05, 4.69) is 10.2 Å². The van der Waals surface area contributed by atoms with E-state index in [1.54, 1.807) is 0 Å². The Morgan fingerprint density at radius 3 is 2.71 bits per heavy atom. The number of halogens is 1. The van der Waals surface area contributed by atoms with Crippen LogP contribution in [0.15, 0.2) is 18.2 Å². The van der Waals surface area contributed by atoms with Gasteiger partial charge in [0.15, 0.2) is 0 Å². The highest BCUT2D eigenvalue weighted by Gasteiger charge is 2.14. The van der Waals surface area contributed by atoms with Crippen LogP contribution in [0.3, 0.4) is 0 Å². The van der Waals surface area contributed by atoms with E-state index in [1.165, 1.54) is 6.07 Å². The molecule has 0 spiro atoms. The predicted octanol–water partition coefficient (Wildman–Crippen LogP) is 3.05. The summed E-state index contributed by atoms with van der Waals surface area (Å²) in [5, 5.41) is 16.0. The lowest BCUT2D eigenvalue weighted by atomic mass is 10.00. The van der Waals surface area contributed by atoms with Gasteiger partial charge >= 0.3 is 5.97 Å². The highest BCUT2D eigenvalue weighted by Crippen LogP contribution is 2.30. The number of nitrogens with zero attached hydrogens (tertiary/aromatic N) is 1. The fourth-order valence-corrected chi connectivity index (χ4v) is 1.93. The average molecular weight is 251 g/mol. The Labute approximate surface area is 103 Å². The molecule has 0 saturated carbocycles. The van der Waals surface area contributed by atoms with E-state index in [4.69, 9.17) is 16.7 Å². The van der Waals surface area contributed by atoms with E-state index in [0.29, 0.717) is 10.7 Å². The Bertz CT molecular complexity index is 590. The van der Waals surface area contributed by atoms with Gasteiger partial charge in [-0.2, -0.15) is 5.10 Å². The topological polar surface area (TPSA) is 66.0 Å². The molecule has 1 heterocycles. The van der Waals surface area contributed by atoms with Crippen LogP contribution in [0.2, 0.25) is 5.02 Å². The summed E-state index contributed by atoms with van der Waals surface area (Å²) in [6.45, 7) is 3.83. The smallest absolute Gasteiger partial charge is 0.353 e. The molecular formula is C12H11ClN2O2. The lowest BCUT2D eigenvalue weighted by molar-refractivity contribution is 0.0690. The predicted molar refractivity (Wildman–Crippen MR) is 65.5 cm³/mol. The summed E-state index contributed by atoms with van der Waals surface area (Å²) >= 11 is 6.05. The number of H-pyrrole nitrogens is 1. The molecule has 0 bridgehead atoms. The number of aromatic carboxylic acids is 1. The van der Waals surface area contributed by atoms with E-state index >= 15 is 0 Å². The molecule has 88 valence electrons. The molecule has 0 atom stereocenters. The van der Waals surface area contributed by atoms with Crippen LogP contribution in [-0.2, 0) is 0 Å². The minimum Gasteiger partial charge on any atom is -0.477 e. The Morgan fingerprint density at radius 2 is 2.12 bits per heavy atom. The Hall–Kier alpha value is -1.81. The first-order valence-electron chi connectivity index (χ1n) is 5.05. The van der Waals surface area contributed by atoms with Crippen molar-refractivity contribution in [3.05, 3.63) is 40.0 Å². The van der Waals surface area contributed by atoms with Crippen molar-refractivity contribution in [2.45, 2.75) is 13.8 Å². The van der Waals surface area contributed by atoms with Crippen LogP contribution < -0.4 is 0 Å². The van der Waals surface area contributed by atoms with Crippen molar-refractivity contribution in [2.24, 2.45) is 0 Å². The summed E-state index contributed by atoms with van der Waals surface area (Å²) in [5.74, 6) is -1.03. The highest BCUT2D eigenvalue weighted by atomic mass is 35.5. The number of benzene rings is 1. The van der Waals surface area contributed by atoms with Crippen LogP contribution in [0.4, 0.5) is 0 Å². The molecule has 0 aliphatic carbocycles. The number of carbonyl (C=O) groups is 1. The minimum absolute atomic E-state index is 0.0683. The lowest BCUT2D eigenvalue weighted by Gasteiger charge is -2.08. The second-order valence-corrected chi connectivity index (χ2v) is 4.24. The summed E-state index contributed by atoms with van der Waals surface area (Å²) in [4.78, 5) is 10.8. The molecule has 5 heteroatoms. The molecule has 0 unspecified atom stereocenters. The Morgan fingerprint density at radius 1 is 1.41 bits per heavy atom. The summed E-state index contributed by atoms with van der Waals surface area (Å²) in [7, 11) is 0. The quantitative estimate of drug-likeness (QED) is 0.861. The first-order chi connectivity index (χ1) is 8.00. The number of rotatable bonds is 2. The number of aryl methyl sites for hydroxylation is 1.